The van der Waals surface area contributed by atoms with E-state index in [-0.39, 0.29) is 0 Å². The fourth-order valence-corrected chi connectivity index (χ4v) is 8.86. The summed E-state index contributed by atoms with van der Waals surface area (Å²) in [4.78, 5) is 0. The van der Waals surface area contributed by atoms with Gasteiger partial charge in [0.05, 0.1) is 11.3 Å². The smallest absolute Gasteiger partial charge is 0.0618 e. The summed E-state index contributed by atoms with van der Waals surface area (Å²) >= 11 is 0. The Bertz CT molecular complexity index is 2800. The summed E-state index contributed by atoms with van der Waals surface area (Å²) in [5.41, 5.74) is 25.9. The molecule has 51 heavy (non-hydrogen) atoms. The maximum atomic E-state index is 9.28. The second-order valence-corrected chi connectivity index (χ2v) is 14.6. The van der Waals surface area contributed by atoms with Gasteiger partial charge in [0.2, 0.25) is 0 Å². The molecule has 0 saturated heterocycles. The van der Waals surface area contributed by atoms with Crippen molar-refractivity contribution in [1.29, 1.82) is 5.41 Å². The standard InChI is InChI=1S/C48H37N3/c1-48(51)36(19-20-37(48)27-43(50)39-22-16-33-14-12-29-6-3-8-31-18-24-41(39)47(33)45(29)31)26-42(49)35-10-4-9-34(25-35)38-21-15-32-13-11-28-5-2-7-30-17-23-40(38)46(32)44(28)30/h2-5,7-13,15-19,21-27,50H,6,14,20,49,51H2,1H3/b37-27+,42-26-,50-43?. The fourth-order valence-electron chi connectivity index (χ4n) is 8.86. The number of nitrogens with two attached hydrogens (primary N) is 2. The number of allylic oxidation sites excluding steroid dienone is 5. The Kier molecular flexibility index (Phi) is 6.43. The van der Waals surface area contributed by atoms with Crippen molar-refractivity contribution in [1.82, 2.24) is 0 Å². The third-order valence-electron chi connectivity index (χ3n) is 11.6. The first-order chi connectivity index (χ1) is 24.8. The van der Waals surface area contributed by atoms with Crippen LogP contribution in [-0.4, -0.2) is 11.3 Å². The third kappa shape index (κ3) is 4.52. The molecule has 7 aromatic rings. The minimum Gasteiger partial charge on any atom is -0.398 e. The second-order valence-electron chi connectivity index (χ2n) is 14.6. The highest BCUT2D eigenvalue weighted by Crippen LogP contribution is 2.43. The molecule has 0 fully saturated rings. The Morgan fingerprint density at radius 1 is 0.745 bits per heavy atom. The van der Waals surface area contributed by atoms with Gasteiger partial charge in [0.25, 0.3) is 0 Å². The molecule has 0 aliphatic heterocycles. The van der Waals surface area contributed by atoms with Gasteiger partial charge < -0.3 is 16.9 Å². The summed E-state index contributed by atoms with van der Waals surface area (Å²) in [6, 6.07) is 37.1. The lowest BCUT2D eigenvalue weighted by molar-refractivity contribution is 0.674. The predicted molar refractivity (Wildman–Crippen MR) is 217 cm³/mol. The molecule has 0 saturated carbocycles. The van der Waals surface area contributed by atoms with E-state index >= 15 is 0 Å². The summed E-state index contributed by atoms with van der Waals surface area (Å²) < 4.78 is 0. The Morgan fingerprint density at radius 3 is 2.37 bits per heavy atom. The Labute approximate surface area is 297 Å². The molecule has 3 heteroatoms. The molecule has 3 aliphatic carbocycles. The van der Waals surface area contributed by atoms with Crippen LogP contribution in [0.1, 0.15) is 47.6 Å². The highest BCUT2D eigenvalue weighted by molar-refractivity contribution is 6.25. The van der Waals surface area contributed by atoms with Crippen molar-refractivity contribution in [2.75, 3.05) is 0 Å². The molecule has 0 heterocycles. The summed E-state index contributed by atoms with van der Waals surface area (Å²) in [7, 11) is 0. The first-order valence-electron chi connectivity index (χ1n) is 17.8. The molecule has 0 amide bonds. The normalized spacial score (nSPS) is 19.1. The SMILES string of the molecule is CC1(N)C(/C=C(\N)c2cccc(-c3ccc4ccc5cccc6ccc3c4c56)c2)=CC/C1=C\C(=N)c1ccc2c3c4c(ccc13)C=CCC4=CC2. The zero-order valence-electron chi connectivity index (χ0n) is 28.6. The van der Waals surface area contributed by atoms with E-state index in [9.17, 15) is 5.41 Å². The minimum atomic E-state index is -0.748. The van der Waals surface area contributed by atoms with Crippen molar-refractivity contribution in [3.05, 3.63) is 172 Å². The van der Waals surface area contributed by atoms with E-state index in [4.69, 9.17) is 11.5 Å². The van der Waals surface area contributed by atoms with Gasteiger partial charge in [0.1, 0.15) is 0 Å². The van der Waals surface area contributed by atoms with E-state index in [1.165, 1.54) is 65.5 Å². The molecule has 1 atom stereocenters. The molecule has 0 bridgehead atoms. The van der Waals surface area contributed by atoms with Crippen LogP contribution in [0, 0.1) is 5.41 Å². The van der Waals surface area contributed by atoms with Crippen molar-refractivity contribution < 1.29 is 0 Å². The van der Waals surface area contributed by atoms with Crippen LogP contribution in [0.2, 0.25) is 0 Å². The number of benzene rings is 7. The molecule has 3 nitrogen and oxygen atoms in total. The zero-order valence-corrected chi connectivity index (χ0v) is 28.6. The number of hydrogen-bond acceptors (Lipinski definition) is 3. The molecule has 1 unspecified atom stereocenters. The van der Waals surface area contributed by atoms with Crippen molar-refractivity contribution in [3.63, 3.8) is 0 Å². The lowest BCUT2D eigenvalue weighted by Crippen LogP contribution is -2.37. The van der Waals surface area contributed by atoms with E-state index < -0.39 is 5.54 Å². The van der Waals surface area contributed by atoms with Crippen LogP contribution < -0.4 is 11.5 Å². The Balaban J connectivity index is 0.967. The van der Waals surface area contributed by atoms with Crippen LogP contribution >= 0.6 is 0 Å². The first kappa shape index (κ1) is 29.8. The van der Waals surface area contributed by atoms with Crippen molar-refractivity contribution in [2.45, 2.75) is 31.7 Å². The first-order valence-corrected chi connectivity index (χ1v) is 17.8. The molecule has 0 spiro atoms. The highest BCUT2D eigenvalue weighted by Gasteiger charge is 2.32. The van der Waals surface area contributed by atoms with E-state index in [1.54, 1.807) is 0 Å². The van der Waals surface area contributed by atoms with E-state index in [2.05, 4.69) is 127 Å². The lowest BCUT2D eigenvalue weighted by atomic mass is 9.80. The Morgan fingerprint density at radius 2 is 1.51 bits per heavy atom. The molecule has 0 aromatic heterocycles. The third-order valence-corrected chi connectivity index (χ3v) is 11.6. The van der Waals surface area contributed by atoms with Gasteiger partial charge in [-0.05, 0) is 138 Å². The van der Waals surface area contributed by atoms with Crippen LogP contribution in [0.5, 0.6) is 0 Å². The highest BCUT2D eigenvalue weighted by atomic mass is 14.8. The molecular weight excluding hydrogens is 619 g/mol. The average molecular weight is 656 g/mol. The maximum Gasteiger partial charge on any atom is 0.0618 e. The van der Waals surface area contributed by atoms with E-state index in [0.29, 0.717) is 17.8 Å². The number of hydrogen-bond donors (Lipinski definition) is 3. The molecule has 3 aliphatic rings. The summed E-state index contributed by atoms with van der Waals surface area (Å²) in [5.74, 6) is 0. The van der Waals surface area contributed by atoms with E-state index in [0.717, 1.165) is 46.1 Å². The zero-order chi connectivity index (χ0) is 34.4. The van der Waals surface area contributed by atoms with Gasteiger partial charge in [-0.2, -0.15) is 0 Å². The summed E-state index contributed by atoms with van der Waals surface area (Å²) in [6.07, 6.45) is 15.6. The maximum absolute atomic E-state index is 9.28. The Hall–Kier alpha value is -6.03. The summed E-state index contributed by atoms with van der Waals surface area (Å²) in [6.45, 7) is 2.04. The van der Waals surface area contributed by atoms with Crippen LogP contribution in [0.3, 0.4) is 0 Å². The topological polar surface area (TPSA) is 75.9 Å². The van der Waals surface area contributed by atoms with Crippen LogP contribution in [0.25, 0.3) is 71.6 Å². The molecule has 10 rings (SSSR count). The van der Waals surface area contributed by atoms with Crippen molar-refractivity contribution in [3.8, 4) is 11.1 Å². The molecule has 5 N–H and O–H groups in total. The quantitative estimate of drug-likeness (QED) is 0.127. The minimum absolute atomic E-state index is 0.489. The predicted octanol–water partition coefficient (Wildman–Crippen LogP) is 11.1. The van der Waals surface area contributed by atoms with Crippen LogP contribution in [0.15, 0.2) is 145 Å². The van der Waals surface area contributed by atoms with Gasteiger partial charge in [-0.1, -0.05) is 121 Å². The van der Waals surface area contributed by atoms with Crippen LogP contribution in [-0.2, 0) is 6.42 Å². The molecule has 7 aromatic carbocycles. The van der Waals surface area contributed by atoms with Crippen LogP contribution in [0.4, 0.5) is 0 Å². The van der Waals surface area contributed by atoms with Crippen molar-refractivity contribution >= 4 is 66.1 Å². The molecular formula is C48H37N3. The van der Waals surface area contributed by atoms with E-state index in [1.807, 2.05) is 19.1 Å². The van der Waals surface area contributed by atoms with Crippen molar-refractivity contribution in [2.24, 2.45) is 11.5 Å². The number of rotatable bonds is 5. The van der Waals surface area contributed by atoms with Gasteiger partial charge >= 0.3 is 0 Å². The fraction of sp³-hybridized carbons (Fsp3) is 0.104. The largest absolute Gasteiger partial charge is 0.398 e. The average Bonchev–Trinajstić information content (AvgIpc) is 3.43. The van der Waals surface area contributed by atoms with Gasteiger partial charge in [-0.25, -0.2) is 0 Å². The summed E-state index contributed by atoms with van der Waals surface area (Å²) in [5, 5.41) is 19.4. The van der Waals surface area contributed by atoms with Gasteiger partial charge in [0.15, 0.2) is 0 Å². The van der Waals surface area contributed by atoms with Gasteiger partial charge in [-0.15, -0.1) is 0 Å². The monoisotopic (exact) mass is 655 g/mol. The number of nitrogens with one attached hydrogen (secondary N) is 1. The second kappa shape index (κ2) is 11.0. The molecule has 0 radical (unpaired) electrons. The van der Waals surface area contributed by atoms with Gasteiger partial charge in [-0.3, -0.25) is 0 Å². The lowest BCUT2D eigenvalue weighted by Gasteiger charge is -2.25. The van der Waals surface area contributed by atoms with Gasteiger partial charge in [0, 0.05) is 11.3 Å². The molecule has 244 valence electrons.